The molecule has 1 fully saturated rings. The van der Waals surface area contributed by atoms with E-state index >= 15 is 0 Å². The number of anilines is 1. The van der Waals surface area contributed by atoms with Crippen LogP contribution in [0, 0.1) is 0 Å². The SMILES string of the molecule is CCCc1cc(N2CCCCC2CCBr)ncn1. The Labute approximate surface area is 118 Å². The summed E-state index contributed by atoms with van der Waals surface area (Å²) in [5.41, 5.74) is 1.17. The highest BCUT2D eigenvalue weighted by atomic mass is 79.9. The van der Waals surface area contributed by atoms with Gasteiger partial charge >= 0.3 is 0 Å². The lowest BCUT2D eigenvalue weighted by Gasteiger charge is -2.36. The van der Waals surface area contributed by atoms with Crippen molar-refractivity contribution in [2.75, 3.05) is 16.8 Å². The van der Waals surface area contributed by atoms with E-state index < -0.39 is 0 Å². The predicted molar refractivity (Wildman–Crippen MR) is 79.4 cm³/mol. The number of hydrogen-bond acceptors (Lipinski definition) is 3. The second-order valence-corrected chi connectivity index (χ2v) is 5.73. The van der Waals surface area contributed by atoms with Gasteiger partial charge in [-0.3, -0.25) is 0 Å². The molecule has 0 N–H and O–H groups in total. The number of halogens is 1. The third-order valence-electron chi connectivity index (χ3n) is 3.58. The molecule has 3 nitrogen and oxygen atoms in total. The van der Waals surface area contributed by atoms with Crippen LogP contribution in [0.1, 0.15) is 44.7 Å². The van der Waals surface area contributed by atoms with Gasteiger partial charge in [0, 0.05) is 29.7 Å². The molecule has 2 heterocycles. The van der Waals surface area contributed by atoms with E-state index in [9.17, 15) is 0 Å². The third-order valence-corrected chi connectivity index (χ3v) is 4.04. The van der Waals surface area contributed by atoms with Crippen LogP contribution in [0.5, 0.6) is 0 Å². The number of aryl methyl sites for hydroxylation is 1. The topological polar surface area (TPSA) is 29.0 Å². The quantitative estimate of drug-likeness (QED) is 0.778. The number of alkyl halides is 1. The van der Waals surface area contributed by atoms with Gasteiger partial charge in [-0.1, -0.05) is 29.3 Å². The summed E-state index contributed by atoms with van der Waals surface area (Å²) in [7, 11) is 0. The highest BCUT2D eigenvalue weighted by Gasteiger charge is 2.23. The molecule has 1 saturated heterocycles. The Balaban J connectivity index is 2.14. The van der Waals surface area contributed by atoms with Gasteiger partial charge in [0.05, 0.1) is 0 Å². The lowest BCUT2D eigenvalue weighted by Crippen LogP contribution is -2.40. The Morgan fingerprint density at radius 1 is 1.39 bits per heavy atom. The van der Waals surface area contributed by atoms with Crippen molar-refractivity contribution in [1.29, 1.82) is 0 Å². The fraction of sp³-hybridized carbons (Fsp3) is 0.714. The molecular weight excluding hydrogens is 290 g/mol. The van der Waals surface area contributed by atoms with Crippen molar-refractivity contribution in [3.8, 4) is 0 Å². The predicted octanol–water partition coefficient (Wildman–Crippen LogP) is 3.57. The minimum Gasteiger partial charge on any atom is -0.354 e. The van der Waals surface area contributed by atoms with Crippen LogP contribution in [-0.4, -0.2) is 27.9 Å². The zero-order valence-electron chi connectivity index (χ0n) is 11.1. The molecule has 1 aromatic heterocycles. The number of hydrogen-bond donors (Lipinski definition) is 0. The molecule has 0 aromatic carbocycles. The fourth-order valence-electron chi connectivity index (χ4n) is 2.66. The van der Waals surface area contributed by atoms with Gasteiger partial charge in [0.15, 0.2) is 0 Å². The molecule has 1 aliphatic heterocycles. The molecule has 18 heavy (non-hydrogen) atoms. The van der Waals surface area contributed by atoms with Crippen LogP contribution < -0.4 is 4.90 Å². The molecular formula is C14H22BrN3. The van der Waals surface area contributed by atoms with E-state index in [0.29, 0.717) is 6.04 Å². The first kappa shape index (κ1) is 13.8. The van der Waals surface area contributed by atoms with E-state index in [1.54, 1.807) is 6.33 Å². The third kappa shape index (κ3) is 3.44. The van der Waals surface area contributed by atoms with Crippen molar-refractivity contribution in [2.45, 2.75) is 51.5 Å². The monoisotopic (exact) mass is 311 g/mol. The number of piperidine rings is 1. The number of rotatable bonds is 5. The Kier molecular flexibility index (Phi) is 5.42. The average Bonchev–Trinajstić information content (AvgIpc) is 2.40. The van der Waals surface area contributed by atoms with Crippen molar-refractivity contribution < 1.29 is 0 Å². The number of aromatic nitrogens is 2. The van der Waals surface area contributed by atoms with Crippen molar-refractivity contribution >= 4 is 21.7 Å². The summed E-state index contributed by atoms with van der Waals surface area (Å²) in [4.78, 5) is 11.3. The molecule has 0 radical (unpaired) electrons. The lowest BCUT2D eigenvalue weighted by atomic mass is 10.00. The van der Waals surface area contributed by atoms with Crippen molar-refractivity contribution in [2.24, 2.45) is 0 Å². The van der Waals surface area contributed by atoms with Crippen LogP contribution >= 0.6 is 15.9 Å². The summed E-state index contributed by atoms with van der Waals surface area (Å²) in [5, 5.41) is 1.07. The van der Waals surface area contributed by atoms with E-state index in [1.165, 1.54) is 31.4 Å². The first-order valence-corrected chi connectivity index (χ1v) is 8.10. The Morgan fingerprint density at radius 2 is 2.28 bits per heavy atom. The molecule has 2 rings (SSSR count). The molecule has 4 heteroatoms. The minimum atomic E-state index is 0.641. The van der Waals surface area contributed by atoms with Gasteiger partial charge in [-0.25, -0.2) is 9.97 Å². The van der Waals surface area contributed by atoms with Crippen LogP contribution in [-0.2, 0) is 6.42 Å². The normalized spacial score (nSPS) is 20.1. The molecule has 1 atom stereocenters. The highest BCUT2D eigenvalue weighted by molar-refractivity contribution is 9.09. The molecule has 1 unspecified atom stereocenters. The van der Waals surface area contributed by atoms with Gasteiger partial charge in [-0.05, 0) is 32.1 Å². The van der Waals surface area contributed by atoms with Gasteiger partial charge in [-0.15, -0.1) is 0 Å². The zero-order valence-corrected chi connectivity index (χ0v) is 12.7. The van der Waals surface area contributed by atoms with Crippen LogP contribution in [0.2, 0.25) is 0 Å². The highest BCUT2D eigenvalue weighted by Crippen LogP contribution is 2.25. The zero-order chi connectivity index (χ0) is 12.8. The van der Waals surface area contributed by atoms with E-state index in [2.05, 4.69) is 43.8 Å². The fourth-order valence-corrected chi connectivity index (χ4v) is 3.19. The molecule has 100 valence electrons. The molecule has 1 aromatic rings. The first-order chi connectivity index (χ1) is 8.85. The van der Waals surface area contributed by atoms with Gasteiger partial charge in [-0.2, -0.15) is 0 Å². The second kappa shape index (κ2) is 7.07. The van der Waals surface area contributed by atoms with Crippen molar-refractivity contribution in [3.63, 3.8) is 0 Å². The smallest absolute Gasteiger partial charge is 0.132 e. The van der Waals surface area contributed by atoms with Gasteiger partial charge in [0.1, 0.15) is 12.1 Å². The van der Waals surface area contributed by atoms with Crippen LogP contribution in [0.25, 0.3) is 0 Å². The van der Waals surface area contributed by atoms with Crippen LogP contribution in [0.3, 0.4) is 0 Å². The summed E-state index contributed by atoms with van der Waals surface area (Å²) >= 11 is 3.56. The summed E-state index contributed by atoms with van der Waals surface area (Å²) in [5.74, 6) is 1.12. The summed E-state index contributed by atoms with van der Waals surface area (Å²) in [6, 6.07) is 2.82. The Morgan fingerprint density at radius 3 is 3.06 bits per heavy atom. The molecule has 0 bridgehead atoms. The minimum absolute atomic E-state index is 0.641. The van der Waals surface area contributed by atoms with Gasteiger partial charge in [0.25, 0.3) is 0 Å². The van der Waals surface area contributed by atoms with Gasteiger partial charge < -0.3 is 4.90 Å². The Bertz CT molecular complexity index is 368. The van der Waals surface area contributed by atoms with E-state index in [-0.39, 0.29) is 0 Å². The standard InChI is InChI=1S/C14H22BrN3/c1-2-5-12-10-14(17-11-16-12)18-9-4-3-6-13(18)7-8-15/h10-11,13H,2-9H2,1H3. The molecule has 0 spiro atoms. The maximum atomic E-state index is 4.48. The molecule has 0 saturated carbocycles. The van der Waals surface area contributed by atoms with Crippen LogP contribution in [0.15, 0.2) is 12.4 Å². The molecule has 1 aliphatic rings. The summed E-state index contributed by atoms with van der Waals surface area (Å²) in [6.45, 7) is 3.33. The largest absolute Gasteiger partial charge is 0.354 e. The summed E-state index contributed by atoms with van der Waals surface area (Å²) < 4.78 is 0. The maximum Gasteiger partial charge on any atom is 0.132 e. The second-order valence-electron chi connectivity index (χ2n) is 4.94. The molecule has 0 amide bonds. The van der Waals surface area contributed by atoms with Crippen molar-refractivity contribution in [3.05, 3.63) is 18.1 Å². The van der Waals surface area contributed by atoms with Crippen LogP contribution in [0.4, 0.5) is 5.82 Å². The average molecular weight is 312 g/mol. The van der Waals surface area contributed by atoms with E-state index in [4.69, 9.17) is 0 Å². The first-order valence-electron chi connectivity index (χ1n) is 6.98. The Hall–Kier alpha value is -0.640. The maximum absolute atomic E-state index is 4.48. The van der Waals surface area contributed by atoms with Crippen molar-refractivity contribution in [1.82, 2.24) is 9.97 Å². The van der Waals surface area contributed by atoms with Gasteiger partial charge in [0.2, 0.25) is 0 Å². The molecule has 0 aliphatic carbocycles. The lowest BCUT2D eigenvalue weighted by molar-refractivity contribution is 0.449. The summed E-state index contributed by atoms with van der Waals surface area (Å²) in [6.07, 6.45) is 9.03. The number of nitrogens with zero attached hydrogens (tertiary/aromatic N) is 3. The van der Waals surface area contributed by atoms with E-state index in [1.807, 2.05) is 0 Å². The van der Waals surface area contributed by atoms with E-state index in [0.717, 1.165) is 30.5 Å².